The second-order valence-corrected chi connectivity index (χ2v) is 8.44. The highest BCUT2D eigenvalue weighted by atomic mass is 16.6. The molecule has 0 saturated heterocycles. The largest absolute Gasteiger partial charge is 0.456 e. The molecule has 1 atom stereocenters. The van der Waals surface area contributed by atoms with Crippen LogP contribution in [0.1, 0.15) is 39.5 Å². The van der Waals surface area contributed by atoms with Crippen LogP contribution < -0.4 is 9.64 Å². The molecule has 2 aliphatic rings. The van der Waals surface area contributed by atoms with Crippen LogP contribution in [0.25, 0.3) is 0 Å². The zero-order valence-corrected chi connectivity index (χ0v) is 18.5. The Labute approximate surface area is 193 Å². The van der Waals surface area contributed by atoms with Crippen molar-refractivity contribution in [3.05, 3.63) is 119 Å². The predicted molar refractivity (Wildman–Crippen MR) is 129 cm³/mol. The Hall–Kier alpha value is -4.05. The third kappa shape index (κ3) is 2.74. The molecule has 33 heavy (non-hydrogen) atoms. The molecular formula is C29H23NO3. The highest BCUT2D eigenvalue weighted by molar-refractivity contribution is 5.97. The number of para-hydroxylation sites is 1. The van der Waals surface area contributed by atoms with Crippen molar-refractivity contribution in [1.29, 1.82) is 0 Å². The number of nitrogens with zero attached hydrogens (tertiary/aromatic N) is 1. The number of ether oxygens (including phenoxy) is 2. The van der Waals surface area contributed by atoms with Gasteiger partial charge in [0.1, 0.15) is 11.5 Å². The van der Waals surface area contributed by atoms with E-state index < -0.39 is 5.60 Å². The van der Waals surface area contributed by atoms with Gasteiger partial charge in [0.15, 0.2) is 5.60 Å². The first kappa shape index (κ1) is 19.6. The summed E-state index contributed by atoms with van der Waals surface area (Å²) in [5.41, 5.74) is 5.28. The van der Waals surface area contributed by atoms with E-state index in [0.29, 0.717) is 17.1 Å². The van der Waals surface area contributed by atoms with Crippen molar-refractivity contribution >= 4 is 17.3 Å². The maximum Gasteiger partial charge on any atom is 0.340 e. The van der Waals surface area contributed by atoms with Gasteiger partial charge < -0.3 is 14.4 Å². The van der Waals surface area contributed by atoms with Crippen molar-refractivity contribution in [2.45, 2.75) is 19.4 Å². The SMILES string of the molecule is CCN(c1ccc(C)cc1)c1cccc2c1C1(OC(=O)c3ccccc31)c1ccccc1O2. The number of esters is 1. The number of rotatable bonds is 3. The number of carbonyl (C=O) groups excluding carboxylic acids is 1. The quantitative estimate of drug-likeness (QED) is 0.336. The van der Waals surface area contributed by atoms with E-state index in [-0.39, 0.29) is 5.97 Å². The van der Waals surface area contributed by atoms with E-state index in [0.717, 1.165) is 34.6 Å². The summed E-state index contributed by atoms with van der Waals surface area (Å²) in [5, 5.41) is 0. The lowest BCUT2D eigenvalue weighted by Gasteiger charge is -2.39. The fraction of sp³-hybridized carbons (Fsp3) is 0.138. The number of hydrogen-bond donors (Lipinski definition) is 0. The van der Waals surface area contributed by atoms with Gasteiger partial charge in [-0.25, -0.2) is 4.79 Å². The number of hydrogen-bond acceptors (Lipinski definition) is 4. The second-order valence-electron chi connectivity index (χ2n) is 8.44. The number of aryl methyl sites for hydroxylation is 1. The number of benzene rings is 4. The van der Waals surface area contributed by atoms with Crippen LogP contribution in [0, 0.1) is 6.92 Å². The van der Waals surface area contributed by atoms with Crippen LogP contribution in [0.3, 0.4) is 0 Å². The molecule has 4 aromatic carbocycles. The standard InChI is InChI=1S/C29H23NO3/c1-3-30(20-17-15-19(2)16-18-20)24-12-8-14-26-27(24)29(23-11-6-7-13-25(23)32-26)22-10-5-4-9-21(22)28(31)33-29/h4-18H,3H2,1-2H3. The third-order valence-electron chi connectivity index (χ3n) is 6.57. The van der Waals surface area contributed by atoms with Gasteiger partial charge in [0.05, 0.1) is 16.8 Å². The van der Waals surface area contributed by atoms with Crippen LogP contribution in [0.15, 0.2) is 91.0 Å². The van der Waals surface area contributed by atoms with E-state index >= 15 is 0 Å². The van der Waals surface area contributed by atoms with Crippen LogP contribution >= 0.6 is 0 Å². The first-order valence-corrected chi connectivity index (χ1v) is 11.2. The van der Waals surface area contributed by atoms with Gasteiger partial charge in [-0.05, 0) is 50.2 Å². The van der Waals surface area contributed by atoms with E-state index in [1.807, 2.05) is 60.7 Å². The summed E-state index contributed by atoms with van der Waals surface area (Å²) in [5.74, 6) is 1.08. The van der Waals surface area contributed by atoms with Crippen LogP contribution in [0.4, 0.5) is 11.4 Å². The molecule has 0 N–H and O–H groups in total. The minimum atomic E-state index is -1.08. The molecule has 0 bridgehead atoms. The Morgan fingerprint density at radius 1 is 0.788 bits per heavy atom. The van der Waals surface area contributed by atoms with Gasteiger partial charge in [0, 0.05) is 23.4 Å². The van der Waals surface area contributed by atoms with Crippen molar-refractivity contribution in [3.63, 3.8) is 0 Å². The Kier molecular flexibility index (Phi) is 4.31. The molecule has 6 rings (SSSR count). The lowest BCUT2D eigenvalue weighted by Crippen LogP contribution is -2.35. The fourth-order valence-electron chi connectivity index (χ4n) is 5.10. The first-order valence-electron chi connectivity index (χ1n) is 11.2. The molecule has 1 spiro atoms. The molecule has 0 aromatic heterocycles. The summed E-state index contributed by atoms with van der Waals surface area (Å²) < 4.78 is 12.7. The molecule has 4 nitrogen and oxygen atoms in total. The highest BCUT2D eigenvalue weighted by Crippen LogP contribution is 2.58. The molecule has 0 amide bonds. The molecule has 2 aliphatic heterocycles. The normalized spacial score (nSPS) is 17.6. The van der Waals surface area contributed by atoms with Gasteiger partial charge in [-0.1, -0.05) is 60.2 Å². The summed E-state index contributed by atoms with van der Waals surface area (Å²) in [6, 6.07) is 30.0. The van der Waals surface area contributed by atoms with Crippen LogP contribution in [0.2, 0.25) is 0 Å². The predicted octanol–water partition coefficient (Wildman–Crippen LogP) is 6.72. The first-order chi connectivity index (χ1) is 16.1. The van der Waals surface area contributed by atoms with Gasteiger partial charge in [0.25, 0.3) is 0 Å². The Bertz CT molecular complexity index is 1390. The van der Waals surface area contributed by atoms with Crippen LogP contribution in [-0.4, -0.2) is 12.5 Å². The molecule has 1 unspecified atom stereocenters. The smallest absolute Gasteiger partial charge is 0.340 e. The monoisotopic (exact) mass is 433 g/mol. The molecule has 0 aliphatic carbocycles. The summed E-state index contributed by atoms with van der Waals surface area (Å²) in [6.07, 6.45) is 0. The van der Waals surface area contributed by atoms with Gasteiger partial charge in [-0.2, -0.15) is 0 Å². The summed E-state index contributed by atoms with van der Waals surface area (Å²) in [7, 11) is 0. The Morgan fingerprint density at radius 3 is 2.27 bits per heavy atom. The summed E-state index contributed by atoms with van der Waals surface area (Å²) >= 11 is 0. The maximum atomic E-state index is 13.1. The third-order valence-corrected chi connectivity index (χ3v) is 6.57. The summed E-state index contributed by atoms with van der Waals surface area (Å²) in [6.45, 7) is 4.95. The molecule has 0 fully saturated rings. The minimum Gasteiger partial charge on any atom is -0.456 e. The fourth-order valence-corrected chi connectivity index (χ4v) is 5.10. The highest BCUT2D eigenvalue weighted by Gasteiger charge is 2.54. The zero-order valence-electron chi connectivity index (χ0n) is 18.5. The average molecular weight is 434 g/mol. The van der Waals surface area contributed by atoms with Gasteiger partial charge in [-0.15, -0.1) is 0 Å². The number of fused-ring (bicyclic) bond motifs is 6. The van der Waals surface area contributed by atoms with Crippen LogP contribution in [0.5, 0.6) is 11.5 Å². The Balaban J connectivity index is 1.68. The molecule has 162 valence electrons. The van der Waals surface area contributed by atoms with E-state index in [9.17, 15) is 4.79 Å². The van der Waals surface area contributed by atoms with Crippen molar-refractivity contribution in [2.24, 2.45) is 0 Å². The molecule has 4 heteroatoms. The van der Waals surface area contributed by atoms with Crippen molar-refractivity contribution in [2.75, 3.05) is 11.4 Å². The lowest BCUT2D eigenvalue weighted by molar-refractivity contribution is 0.0226. The van der Waals surface area contributed by atoms with E-state index in [1.165, 1.54) is 5.56 Å². The zero-order chi connectivity index (χ0) is 22.6. The van der Waals surface area contributed by atoms with Crippen molar-refractivity contribution in [1.82, 2.24) is 0 Å². The molecule has 4 aromatic rings. The number of anilines is 2. The van der Waals surface area contributed by atoms with Gasteiger partial charge in [-0.3, -0.25) is 0 Å². The molecular weight excluding hydrogens is 410 g/mol. The molecule has 0 saturated carbocycles. The lowest BCUT2D eigenvalue weighted by atomic mass is 9.76. The van der Waals surface area contributed by atoms with E-state index in [2.05, 4.69) is 49.1 Å². The number of carbonyl (C=O) groups is 1. The second kappa shape index (κ2) is 7.24. The minimum absolute atomic E-state index is 0.318. The Morgan fingerprint density at radius 2 is 1.48 bits per heavy atom. The average Bonchev–Trinajstić information content (AvgIpc) is 3.14. The summed E-state index contributed by atoms with van der Waals surface area (Å²) in [4.78, 5) is 15.4. The van der Waals surface area contributed by atoms with Crippen LogP contribution in [-0.2, 0) is 10.3 Å². The maximum absolute atomic E-state index is 13.1. The molecule has 2 heterocycles. The van der Waals surface area contributed by atoms with Gasteiger partial charge >= 0.3 is 5.97 Å². The molecule has 0 radical (unpaired) electrons. The topological polar surface area (TPSA) is 38.8 Å². The van der Waals surface area contributed by atoms with E-state index in [1.54, 1.807) is 0 Å². The van der Waals surface area contributed by atoms with E-state index in [4.69, 9.17) is 9.47 Å². The van der Waals surface area contributed by atoms with Crippen molar-refractivity contribution in [3.8, 4) is 11.5 Å². The van der Waals surface area contributed by atoms with Gasteiger partial charge in [0.2, 0.25) is 0 Å². The van der Waals surface area contributed by atoms with Crippen molar-refractivity contribution < 1.29 is 14.3 Å².